The molecule has 9 heteroatoms. The second kappa shape index (κ2) is 55.0. The molecule has 0 spiro atoms. The Morgan fingerprint density at radius 3 is 1.03 bits per heavy atom. The number of allylic oxidation sites excluding steroid dienone is 1. The Labute approximate surface area is 450 Å². The van der Waals surface area contributed by atoms with Crippen molar-refractivity contribution in [2.24, 2.45) is 0 Å². The molecule has 8 nitrogen and oxygen atoms in total. The summed E-state index contributed by atoms with van der Waals surface area (Å²) in [5.41, 5.74) is 0. The molecule has 0 saturated heterocycles. The molecule has 3 unspecified atom stereocenters. The van der Waals surface area contributed by atoms with Crippen molar-refractivity contribution in [2.45, 2.75) is 347 Å². The molecule has 0 fully saturated rings. The maximum absolute atomic E-state index is 13.0. The summed E-state index contributed by atoms with van der Waals surface area (Å²) in [6.07, 6.45) is 69.0. The van der Waals surface area contributed by atoms with Crippen molar-refractivity contribution in [3.8, 4) is 0 Å². The zero-order valence-corrected chi connectivity index (χ0v) is 50.1. The number of aliphatic hydroxyl groups excluding tert-OH is 1. The number of carbonyl (C=O) groups is 1. The van der Waals surface area contributed by atoms with Crippen LogP contribution in [0.15, 0.2) is 12.2 Å². The van der Waals surface area contributed by atoms with Crippen LogP contribution in [0.2, 0.25) is 0 Å². The third kappa shape index (κ3) is 57.0. The van der Waals surface area contributed by atoms with Gasteiger partial charge in [-0.1, -0.05) is 321 Å². The largest absolute Gasteiger partial charge is 0.472 e. The highest BCUT2D eigenvalue weighted by atomic mass is 31.2. The monoisotopic (exact) mass is 1040 g/mol. The Balaban J connectivity index is 4.10. The molecule has 3 N–H and O–H groups in total. The lowest BCUT2D eigenvalue weighted by Crippen LogP contribution is -2.45. The number of quaternary nitrogens is 1. The van der Waals surface area contributed by atoms with Crippen molar-refractivity contribution in [1.29, 1.82) is 0 Å². The number of nitrogens with zero attached hydrogens (tertiary/aromatic N) is 1. The van der Waals surface area contributed by atoms with Gasteiger partial charge in [0.25, 0.3) is 0 Å². The number of aliphatic hydroxyl groups is 1. The van der Waals surface area contributed by atoms with Gasteiger partial charge in [-0.05, 0) is 19.3 Å². The molecule has 3 atom stereocenters. The third-order valence-corrected chi connectivity index (χ3v) is 16.0. The Morgan fingerprint density at radius 1 is 0.458 bits per heavy atom. The van der Waals surface area contributed by atoms with E-state index in [1.54, 1.807) is 6.08 Å². The fourth-order valence-corrected chi connectivity index (χ4v) is 10.7. The summed E-state index contributed by atoms with van der Waals surface area (Å²) in [6, 6.07) is -0.843. The first-order chi connectivity index (χ1) is 35.0. The zero-order chi connectivity index (χ0) is 52.7. The number of hydrogen-bond acceptors (Lipinski definition) is 5. The lowest BCUT2D eigenvalue weighted by molar-refractivity contribution is -0.870. The predicted molar refractivity (Wildman–Crippen MR) is 314 cm³/mol. The van der Waals surface area contributed by atoms with E-state index in [2.05, 4.69) is 19.2 Å². The molecule has 0 bridgehead atoms. The highest BCUT2D eigenvalue weighted by Gasteiger charge is 2.28. The van der Waals surface area contributed by atoms with Gasteiger partial charge in [0.05, 0.1) is 39.9 Å². The second-order valence-corrected chi connectivity index (χ2v) is 25.0. The van der Waals surface area contributed by atoms with Crippen LogP contribution in [0, 0.1) is 0 Å². The van der Waals surface area contributed by atoms with Crippen LogP contribution in [0.1, 0.15) is 335 Å². The summed E-state index contributed by atoms with van der Waals surface area (Å²) in [4.78, 5) is 23.4. The SMILES string of the molecule is CCCCCCCCCCCCCCCCCCCCCCCCCCCC/C=C/C(O)C(COP(=O)(O)OCC[N+](C)(C)C)NC(=O)CCCCCCCCCCCCCCCCCCCCCCCC. The molecule has 0 aromatic rings. The number of phosphoric acid groups is 1. The van der Waals surface area contributed by atoms with Gasteiger partial charge in [-0.2, -0.15) is 0 Å². The number of unbranched alkanes of at least 4 members (excludes halogenated alkanes) is 47. The topological polar surface area (TPSA) is 105 Å². The lowest BCUT2D eigenvalue weighted by Gasteiger charge is -2.25. The minimum Gasteiger partial charge on any atom is -0.387 e. The minimum absolute atomic E-state index is 0.0654. The number of nitrogens with one attached hydrogen (secondary N) is 1. The summed E-state index contributed by atoms with van der Waals surface area (Å²) < 4.78 is 23.8. The summed E-state index contributed by atoms with van der Waals surface area (Å²) in [6.45, 7) is 4.88. The number of amides is 1. The van der Waals surface area contributed by atoms with Crippen LogP contribution in [0.5, 0.6) is 0 Å². The van der Waals surface area contributed by atoms with Crippen molar-refractivity contribution in [3.05, 3.63) is 12.2 Å². The van der Waals surface area contributed by atoms with Crippen LogP contribution >= 0.6 is 7.82 Å². The van der Waals surface area contributed by atoms with E-state index in [1.165, 1.54) is 283 Å². The summed E-state index contributed by atoms with van der Waals surface area (Å²) in [5.74, 6) is -0.168. The predicted octanol–water partition coefficient (Wildman–Crippen LogP) is 19.8. The average Bonchev–Trinajstić information content (AvgIpc) is 3.34. The number of carbonyl (C=O) groups excluding carboxylic acids is 1. The number of likely N-dealkylation sites (N-methyl/N-ethyl adjacent to an activating group) is 1. The zero-order valence-electron chi connectivity index (χ0n) is 49.2. The van der Waals surface area contributed by atoms with E-state index in [0.717, 1.165) is 32.1 Å². The van der Waals surface area contributed by atoms with Gasteiger partial charge < -0.3 is 19.8 Å². The molecule has 430 valence electrons. The minimum atomic E-state index is -4.35. The molecule has 0 rings (SSSR count). The molecule has 0 aliphatic carbocycles. The fourth-order valence-electron chi connectivity index (χ4n) is 9.99. The van der Waals surface area contributed by atoms with Crippen molar-refractivity contribution >= 4 is 13.7 Å². The van der Waals surface area contributed by atoms with E-state index in [-0.39, 0.29) is 19.1 Å². The van der Waals surface area contributed by atoms with Gasteiger partial charge in [0.1, 0.15) is 13.2 Å². The van der Waals surface area contributed by atoms with Gasteiger partial charge in [-0.3, -0.25) is 13.8 Å². The average molecular weight is 1040 g/mol. The van der Waals surface area contributed by atoms with Crippen molar-refractivity contribution in [3.63, 3.8) is 0 Å². The number of rotatable bonds is 60. The van der Waals surface area contributed by atoms with Crippen molar-refractivity contribution in [2.75, 3.05) is 40.9 Å². The van der Waals surface area contributed by atoms with Crippen LogP contribution in [0.3, 0.4) is 0 Å². The highest BCUT2D eigenvalue weighted by molar-refractivity contribution is 7.47. The quantitative estimate of drug-likeness (QED) is 0.0243. The van der Waals surface area contributed by atoms with Gasteiger partial charge in [0, 0.05) is 6.42 Å². The van der Waals surface area contributed by atoms with Gasteiger partial charge >= 0.3 is 7.82 Å². The summed E-state index contributed by atoms with van der Waals surface area (Å²) in [7, 11) is 1.59. The van der Waals surface area contributed by atoms with Crippen molar-refractivity contribution in [1.82, 2.24) is 5.32 Å². The van der Waals surface area contributed by atoms with Gasteiger partial charge in [0.2, 0.25) is 5.91 Å². The molecule has 0 saturated carbocycles. The van der Waals surface area contributed by atoms with Crippen LogP contribution in [0.25, 0.3) is 0 Å². The molecule has 0 heterocycles. The van der Waals surface area contributed by atoms with E-state index in [4.69, 9.17) is 9.05 Å². The first-order valence-corrected chi connectivity index (χ1v) is 33.6. The molecule has 1 amide bonds. The van der Waals surface area contributed by atoms with Gasteiger partial charge in [-0.15, -0.1) is 0 Å². The van der Waals surface area contributed by atoms with Crippen LogP contribution in [-0.2, 0) is 18.4 Å². The first kappa shape index (κ1) is 71.2. The normalized spacial score (nSPS) is 13.8. The van der Waals surface area contributed by atoms with Crippen LogP contribution < -0.4 is 5.32 Å². The summed E-state index contributed by atoms with van der Waals surface area (Å²) in [5, 5.41) is 14.0. The van der Waals surface area contributed by atoms with E-state index < -0.39 is 20.0 Å². The smallest absolute Gasteiger partial charge is 0.387 e. The molecular formula is C63H128N2O6P+. The van der Waals surface area contributed by atoms with Crippen LogP contribution in [-0.4, -0.2) is 73.4 Å². The molecule has 0 radical (unpaired) electrons. The number of hydrogen-bond donors (Lipinski definition) is 3. The Kier molecular flexibility index (Phi) is 54.4. The Bertz CT molecular complexity index is 1180. The second-order valence-electron chi connectivity index (χ2n) is 23.5. The lowest BCUT2D eigenvalue weighted by atomic mass is 10.0. The third-order valence-electron chi connectivity index (χ3n) is 15.0. The van der Waals surface area contributed by atoms with E-state index >= 15 is 0 Å². The maximum Gasteiger partial charge on any atom is 0.472 e. The molecule has 0 aromatic heterocycles. The van der Waals surface area contributed by atoms with E-state index in [1.807, 2.05) is 27.2 Å². The molecule has 72 heavy (non-hydrogen) atoms. The molecule has 0 aliphatic rings. The van der Waals surface area contributed by atoms with Gasteiger partial charge in [-0.25, -0.2) is 4.57 Å². The summed E-state index contributed by atoms with van der Waals surface area (Å²) >= 11 is 0. The first-order valence-electron chi connectivity index (χ1n) is 32.1. The Morgan fingerprint density at radius 2 is 0.736 bits per heavy atom. The Hall–Kier alpha value is -0.760. The molecule has 0 aromatic carbocycles. The highest BCUT2D eigenvalue weighted by Crippen LogP contribution is 2.43. The van der Waals surface area contributed by atoms with Gasteiger partial charge in [0.15, 0.2) is 0 Å². The van der Waals surface area contributed by atoms with E-state index in [0.29, 0.717) is 17.4 Å². The van der Waals surface area contributed by atoms with E-state index in [9.17, 15) is 19.4 Å². The standard InChI is InChI=1S/C63H127N2O6P/c1-6-8-10-12-14-16-18-20-22-24-26-28-30-31-32-33-34-35-36-38-40-42-44-46-48-50-52-54-56-62(66)61(60-71-72(68,69)70-59-58-65(3,4)5)64-63(67)57-55-53-51-49-47-45-43-41-39-37-29-27-25-23-21-19-17-15-13-11-9-7-2/h54,56,61-62,66H,6-53,55,57-60H2,1-5H3,(H-,64,67,68,69)/p+1/b56-54+. The van der Waals surface area contributed by atoms with Crippen LogP contribution in [0.4, 0.5) is 0 Å². The molecule has 0 aliphatic heterocycles. The number of phosphoric ester groups is 1. The maximum atomic E-state index is 13.0. The van der Waals surface area contributed by atoms with Crippen molar-refractivity contribution < 1.29 is 32.9 Å². The fraction of sp³-hybridized carbons (Fsp3) is 0.952. The molecular weight excluding hydrogens is 912 g/mol.